The Morgan fingerprint density at radius 3 is 2.68 bits per heavy atom. The minimum atomic E-state index is -0.406. The van der Waals surface area contributed by atoms with Crippen molar-refractivity contribution >= 4 is 45.8 Å². The highest BCUT2D eigenvalue weighted by Gasteiger charge is 2.19. The molecule has 0 atom stereocenters. The first kappa shape index (κ1) is 26.1. The number of hydrogen-bond donors (Lipinski definition) is 2. The van der Waals surface area contributed by atoms with E-state index >= 15 is 0 Å². The van der Waals surface area contributed by atoms with Crippen molar-refractivity contribution in [1.29, 1.82) is 0 Å². The van der Waals surface area contributed by atoms with Gasteiger partial charge in [-0.2, -0.15) is 5.10 Å². The van der Waals surface area contributed by atoms with Crippen LogP contribution in [0.15, 0.2) is 91.4 Å². The standard InChI is InChI=1S/C30H24FN7O2S/c1-37(29(40)19-5-7-21(31)8-6-19)23-9-10-25-24(16-23)35-30(38(25)15-13-22-4-2-3-14-32-22)36-28(39)27-12-11-26(41-27)20-17-33-34-18-20/h2-12,14,16-18H,13,15H2,1H3,(H,33,34)(H,35,36,39). The predicted molar refractivity (Wildman–Crippen MR) is 157 cm³/mol. The molecule has 0 aliphatic rings. The SMILES string of the molecule is CN(C(=O)c1ccc(F)cc1)c1ccc2c(c1)nc(NC(=O)c1ccc(-c3cn[nH]c3)s1)n2CCc1ccccn1. The minimum absolute atomic E-state index is 0.275. The summed E-state index contributed by atoms with van der Waals surface area (Å²) in [7, 11) is 1.65. The van der Waals surface area contributed by atoms with Gasteiger partial charge in [0.05, 0.1) is 22.1 Å². The number of anilines is 2. The second-order valence-electron chi connectivity index (χ2n) is 9.31. The first-order chi connectivity index (χ1) is 20.0. The van der Waals surface area contributed by atoms with Crippen LogP contribution in [-0.4, -0.2) is 43.6 Å². The molecule has 2 amide bonds. The van der Waals surface area contributed by atoms with Crippen LogP contribution in [0.25, 0.3) is 21.5 Å². The van der Waals surface area contributed by atoms with Crippen LogP contribution in [-0.2, 0) is 13.0 Å². The molecule has 0 aliphatic carbocycles. The molecule has 41 heavy (non-hydrogen) atoms. The van der Waals surface area contributed by atoms with Crippen LogP contribution in [0.4, 0.5) is 16.0 Å². The zero-order valence-electron chi connectivity index (χ0n) is 21.9. The van der Waals surface area contributed by atoms with Gasteiger partial charge >= 0.3 is 0 Å². The van der Waals surface area contributed by atoms with Gasteiger partial charge in [0.1, 0.15) is 5.82 Å². The van der Waals surface area contributed by atoms with Gasteiger partial charge in [-0.15, -0.1) is 11.3 Å². The zero-order valence-corrected chi connectivity index (χ0v) is 22.7. The summed E-state index contributed by atoms with van der Waals surface area (Å²) >= 11 is 1.36. The number of imidazole rings is 1. The highest BCUT2D eigenvalue weighted by atomic mass is 32.1. The van der Waals surface area contributed by atoms with Crippen LogP contribution in [0.1, 0.15) is 25.7 Å². The van der Waals surface area contributed by atoms with E-state index in [1.807, 2.05) is 41.0 Å². The number of nitrogens with zero attached hydrogens (tertiary/aromatic N) is 5. The van der Waals surface area contributed by atoms with E-state index in [-0.39, 0.29) is 11.8 Å². The highest BCUT2D eigenvalue weighted by Crippen LogP contribution is 2.29. The van der Waals surface area contributed by atoms with Gasteiger partial charge in [-0.3, -0.25) is 25.0 Å². The molecular weight excluding hydrogens is 541 g/mol. The molecule has 11 heteroatoms. The molecule has 0 bridgehead atoms. The molecule has 204 valence electrons. The van der Waals surface area contributed by atoms with Crippen LogP contribution in [0.2, 0.25) is 0 Å². The van der Waals surface area contributed by atoms with Crippen molar-refractivity contribution in [1.82, 2.24) is 24.7 Å². The van der Waals surface area contributed by atoms with Gasteiger partial charge in [0.15, 0.2) is 0 Å². The number of amides is 2. The number of aromatic nitrogens is 5. The van der Waals surface area contributed by atoms with Crippen molar-refractivity contribution in [3.05, 3.63) is 113 Å². The quantitative estimate of drug-likeness (QED) is 0.243. The molecular formula is C30H24FN7O2S. The summed E-state index contributed by atoms with van der Waals surface area (Å²) in [6.07, 6.45) is 5.86. The third-order valence-electron chi connectivity index (χ3n) is 6.67. The maximum atomic E-state index is 13.4. The maximum Gasteiger partial charge on any atom is 0.268 e. The molecule has 0 radical (unpaired) electrons. The Morgan fingerprint density at radius 2 is 1.93 bits per heavy atom. The average Bonchev–Trinajstić information content (AvgIpc) is 3.76. The number of rotatable bonds is 8. The number of fused-ring (bicyclic) bond motifs is 1. The summed E-state index contributed by atoms with van der Waals surface area (Å²) in [4.78, 5) is 38.4. The fourth-order valence-corrected chi connectivity index (χ4v) is 5.37. The third-order valence-corrected chi connectivity index (χ3v) is 7.80. The lowest BCUT2D eigenvalue weighted by molar-refractivity contribution is 0.0991. The average molecular weight is 566 g/mol. The molecule has 0 spiro atoms. The van der Waals surface area contributed by atoms with E-state index in [1.165, 1.54) is 40.5 Å². The lowest BCUT2D eigenvalue weighted by atomic mass is 10.2. The van der Waals surface area contributed by atoms with Crippen molar-refractivity contribution in [3.63, 3.8) is 0 Å². The largest absolute Gasteiger partial charge is 0.311 e. The van der Waals surface area contributed by atoms with Gasteiger partial charge in [-0.05, 0) is 66.7 Å². The fourth-order valence-electron chi connectivity index (χ4n) is 4.49. The van der Waals surface area contributed by atoms with Crippen LogP contribution in [0.5, 0.6) is 0 Å². The maximum absolute atomic E-state index is 13.4. The molecule has 4 heterocycles. The van der Waals surface area contributed by atoms with Gasteiger partial charge in [-0.25, -0.2) is 9.37 Å². The fraction of sp³-hybridized carbons (Fsp3) is 0.100. The normalized spacial score (nSPS) is 11.1. The van der Waals surface area contributed by atoms with Gasteiger partial charge in [0.2, 0.25) is 5.95 Å². The number of thiophene rings is 1. The van der Waals surface area contributed by atoms with Crippen LogP contribution in [0.3, 0.4) is 0 Å². The number of halogens is 1. The van der Waals surface area contributed by atoms with Crippen molar-refractivity contribution in [2.24, 2.45) is 0 Å². The molecule has 0 saturated carbocycles. The lowest BCUT2D eigenvalue weighted by Gasteiger charge is -2.17. The van der Waals surface area contributed by atoms with Crippen LogP contribution < -0.4 is 10.2 Å². The number of hydrogen-bond acceptors (Lipinski definition) is 6. The van der Waals surface area contributed by atoms with Crippen molar-refractivity contribution < 1.29 is 14.0 Å². The Bertz CT molecular complexity index is 1830. The second-order valence-corrected chi connectivity index (χ2v) is 10.4. The third kappa shape index (κ3) is 5.48. The number of aryl methyl sites for hydroxylation is 2. The van der Waals surface area contributed by atoms with Crippen molar-refractivity contribution in [2.45, 2.75) is 13.0 Å². The number of aromatic amines is 1. The molecule has 4 aromatic heterocycles. The van der Waals surface area contributed by atoms with Gasteiger partial charge in [-0.1, -0.05) is 6.07 Å². The van der Waals surface area contributed by atoms with E-state index in [2.05, 4.69) is 20.5 Å². The Labute approximate surface area is 238 Å². The first-order valence-electron chi connectivity index (χ1n) is 12.8. The molecule has 0 fully saturated rings. The molecule has 2 N–H and O–H groups in total. The minimum Gasteiger partial charge on any atom is -0.311 e. The van der Waals surface area contributed by atoms with E-state index in [0.717, 1.165) is 21.7 Å². The number of carbonyl (C=O) groups excluding carboxylic acids is 2. The number of benzene rings is 2. The first-order valence-corrected chi connectivity index (χ1v) is 13.6. The molecule has 0 unspecified atom stereocenters. The Kier molecular flexibility index (Phi) is 7.09. The molecule has 2 aromatic carbocycles. The van der Waals surface area contributed by atoms with Crippen LogP contribution in [0, 0.1) is 5.82 Å². The predicted octanol–water partition coefficient (Wildman–Crippen LogP) is 5.79. The number of pyridine rings is 1. The number of nitrogens with one attached hydrogen (secondary N) is 2. The van der Waals surface area contributed by atoms with Crippen molar-refractivity contribution in [2.75, 3.05) is 17.3 Å². The second kappa shape index (κ2) is 11.1. The molecule has 0 saturated heterocycles. The summed E-state index contributed by atoms with van der Waals surface area (Å²) in [5, 5.41) is 9.74. The summed E-state index contributed by atoms with van der Waals surface area (Å²) in [5.74, 6) is -0.568. The monoisotopic (exact) mass is 565 g/mol. The smallest absolute Gasteiger partial charge is 0.268 e. The summed E-state index contributed by atoms with van der Waals surface area (Å²) < 4.78 is 15.3. The van der Waals surface area contributed by atoms with E-state index < -0.39 is 5.82 Å². The van der Waals surface area contributed by atoms with Gasteiger partial charge < -0.3 is 9.47 Å². The Balaban J connectivity index is 1.31. The lowest BCUT2D eigenvalue weighted by Crippen LogP contribution is -2.26. The summed E-state index contributed by atoms with van der Waals surface area (Å²) in [6.45, 7) is 0.525. The zero-order chi connectivity index (χ0) is 28.3. The van der Waals surface area contributed by atoms with Gasteiger partial charge in [0.25, 0.3) is 11.8 Å². The Morgan fingerprint density at radius 1 is 1.07 bits per heavy atom. The summed E-state index contributed by atoms with van der Waals surface area (Å²) in [6, 6.07) is 20.3. The topological polar surface area (TPSA) is 109 Å². The molecule has 9 nitrogen and oxygen atoms in total. The van der Waals surface area contributed by atoms with Crippen molar-refractivity contribution in [3.8, 4) is 10.4 Å². The molecule has 0 aliphatic heterocycles. The van der Waals surface area contributed by atoms with E-state index in [9.17, 15) is 14.0 Å². The van der Waals surface area contributed by atoms with Crippen LogP contribution >= 0.6 is 11.3 Å². The summed E-state index contributed by atoms with van der Waals surface area (Å²) in [5.41, 5.74) is 4.21. The van der Waals surface area contributed by atoms with Gasteiger partial charge in [0, 0.05) is 59.8 Å². The number of carbonyl (C=O) groups is 2. The Hall–Kier alpha value is -5.16. The number of H-pyrrole nitrogens is 1. The van der Waals surface area contributed by atoms with E-state index in [4.69, 9.17) is 4.98 Å². The van der Waals surface area contributed by atoms with E-state index in [1.54, 1.807) is 37.8 Å². The van der Waals surface area contributed by atoms with E-state index in [0.29, 0.717) is 40.6 Å². The highest BCUT2D eigenvalue weighted by molar-refractivity contribution is 7.17. The molecule has 6 aromatic rings. The molecule has 6 rings (SSSR count).